The molecule has 2 aromatic heterocycles. The summed E-state index contributed by atoms with van der Waals surface area (Å²) in [5, 5.41) is 0.454. The minimum absolute atomic E-state index is 0.0355. The van der Waals surface area contributed by atoms with Crippen LogP contribution in [0.5, 0.6) is 0 Å². The Morgan fingerprint density at radius 3 is 2.50 bits per heavy atom. The van der Waals surface area contributed by atoms with E-state index in [2.05, 4.69) is 11.6 Å². The van der Waals surface area contributed by atoms with E-state index in [1.165, 1.54) is 11.6 Å². The van der Waals surface area contributed by atoms with E-state index in [4.69, 9.17) is 5.73 Å². The third-order valence-corrected chi connectivity index (χ3v) is 4.08. The van der Waals surface area contributed by atoms with Crippen LogP contribution in [0.4, 0.5) is 0 Å². The van der Waals surface area contributed by atoms with E-state index in [-0.39, 0.29) is 11.4 Å². The Morgan fingerprint density at radius 1 is 1.32 bits per heavy atom. The van der Waals surface area contributed by atoms with Crippen LogP contribution in [0.1, 0.15) is 6.92 Å². The van der Waals surface area contributed by atoms with Gasteiger partial charge in [0.1, 0.15) is 0 Å². The molecule has 118 valence electrons. The number of imidazole rings is 1. The van der Waals surface area contributed by atoms with Crippen LogP contribution in [0.15, 0.2) is 26.9 Å². The van der Waals surface area contributed by atoms with E-state index in [9.17, 15) is 14.4 Å². The van der Waals surface area contributed by atoms with Gasteiger partial charge < -0.3 is 10.3 Å². The van der Waals surface area contributed by atoms with Gasteiger partial charge in [0.05, 0.1) is 5.75 Å². The van der Waals surface area contributed by atoms with E-state index in [0.717, 1.165) is 21.9 Å². The van der Waals surface area contributed by atoms with Crippen molar-refractivity contribution in [2.24, 2.45) is 19.8 Å². The molecule has 2 N–H and O–H groups in total. The zero-order chi connectivity index (χ0) is 16.6. The average molecular weight is 323 g/mol. The number of primary amides is 1. The number of aryl methyl sites for hydroxylation is 1. The third-order valence-electron chi connectivity index (χ3n) is 3.08. The lowest BCUT2D eigenvalue weighted by atomic mass is 10.3. The molecular formula is C13H17N5O3S. The summed E-state index contributed by atoms with van der Waals surface area (Å²) in [5.74, 6) is -0.450. The Labute approximate surface area is 130 Å². The van der Waals surface area contributed by atoms with Crippen molar-refractivity contribution in [3.8, 4) is 0 Å². The Balaban J connectivity index is 2.80. The van der Waals surface area contributed by atoms with Crippen LogP contribution < -0.4 is 17.0 Å². The molecule has 0 aliphatic carbocycles. The standard InChI is InChI=1S/C13H17N5O3S/c1-7(2)5-18-9-10(15-12(18)22-6-8(14)19)16(3)13(21)17(4)11(9)20/h1,5-6H2,2-4H3,(H2,14,19). The van der Waals surface area contributed by atoms with Gasteiger partial charge in [-0.3, -0.25) is 18.7 Å². The van der Waals surface area contributed by atoms with Crippen LogP contribution in [0.2, 0.25) is 0 Å². The highest BCUT2D eigenvalue weighted by atomic mass is 32.2. The summed E-state index contributed by atoms with van der Waals surface area (Å²) < 4.78 is 3.99. The van der Waals surface area contributed by atoms with Gasteiger partial charge in [-0.05, 0) is 6.92 Å². The smallest absolute Gasteiger partial charge is 0.332 e. The van der Waals surface area contributed by atoms with Gasteiger partial charge in [-0.25, -0.2) is 9.78 Å². The second-order valence-electron chi connectivity index (χ2n) is 5.07. The van der Waals surface area contributed by atoms with Crippen molar-refractivity contribution in [1.29, 1.82) is 0 Å². The summed E-state index contributed by atoms with van der Waals surface area (Å²) in [7, 11) is 2.96. The number of carbonyl (C=O) groups excluding carboxylic acids is 1. The number of nitrogens with two attached hydrogens (primary N) is 1. The van der Waals surface area contributed by atoms with Crippen molar-refractivity contribution in [2.45, 2.75) is 18.6 Å². The van der Waals surface area contributed by atoms with Crippen LogP contribution >= 0.6 is 11.8 Å². The molecule has 0 unspecified atom stereocenters. The van der Waals surface area contributed by atoms with Gasteiger partial charge >= 0.3 is 5.69 Å². The highest BCUT2D eigenvalue weighted by molar-refractivity contribution is 7.99. The van der Waals surface area contributed by atoms with Crippen LogP contribution in [0.3, 0.4) is 0 Å². The molecule has 0 saturated carbocycles. The number of nitrogens with zero attached hydrogens (tertiary/aromatic N) is 4. The quantitative estimate of drug-likeness (QED) is 0.595. The van der Waals surface area contributed by atoms with Crippen molar-refractivity contribution in [3.05, 3.63) is 33.0 Å². The molecule has 8 nitrogen and oxygen atoms in total. The Hall–Kier alpha value is -2.29. The molecule has 0 radical (unpaired) electrons. The zero-order valence-electron chi connectivity index (χ0n) is 12.6. The summed E-state index contributed by atoms with van der Waals surface area (Å²) >= 11 is 1.12. The largest absolute Gasteiger partial charge is 0.369 e. The SMILES string of the molecule is C=C(C)Cn1c(SCC(N)=O)nc2c1c(=O)n(C)c(=O)n2C. The molecule has 2 aromatic rings. The molecular weight excluding hydrogens is 306 g/mol. The summed E-state index contributed by atoms with van der Waals surface area (Å²) in [6, 6.07) is 0. The fourth-order valence-corrected chi connectivity index (χ4v) is 2.82. The van der Waals surface area contributed by atoms with Gasteiger partial charge in [0.2, 0.25) is 5.91 Å². The van der Waals surface area contributed by atoms with E-state index in [0.29, 0.717) is 17.2 Å². The van der Waals surface area contributed by atoms with Crippen LogP contribution in [-0.4, -0.2) is 30.3 Å². The predicted octanol–water partition coefficient (Wildman–Crippen LogP) is -0.413. The number of rotatable bonds is 5. The lowest BCUT2D eigenvalue weighted by molar-refractivity contribution is -0.115. The number of allylic oxidation sites excluding steroid dienone is 1. The van der Waals surface area contributed by atoms with Crippen LogP contribution in [-0.2, 0) is 25.4 Å². The Kier molecular flexibility index (Phi) is 4.27. The maximum atomic E-state index is 12.4. The highest BCUT2D eigenvalue weighted by Gasteiger charge is 2.19. The maximum Gasteiger partial charge on any atom is 0.332 e. The van der Waals surface area contributed by atoms with Gasteiger partial charge in [-0.15, -0.1) is 0 Å². The highest BCUT2D eigenvalue weighted by Crippen LogP contribution is 2.22. The minimum atomic E-state index is -0.485. The number of carbonyl (C=O) groups is 1. The maximum absolute atomic E-state index is 12.4. The van der Waals surface area contributed by atoms with Crippen molar-refractivity contribution >= 4 is 28.8 Å². The molecule has 0 spiro atoms. The number of hydrogen-bond donors (Lipinski definition) is 1. The summed E-state index contributed by atoms with van der Waals surface area (Å²) in [6.07, 6.45) is 0. The minimum Gasteiger partial charge on any atom is -0.369 e. The molecule has 0 atom stereocenters. The normalized spacial score (nSPS) is 11.0. The Bertz CT molecular complexity index is 890. The monoisotopic (exact) mass is 323 g/mol. The van der Waals surface area contributed by atoms with E-state index >= 15 is 0 Å². The summed E-state index contributed by atoms with van der Waals surface area (Å²) in [4.78, 5) is 39.7. The van der Waals surface area contributed by atoms with Crippen LogP contribution in [0, 0.1) is 0 Å². The summed E-state index contributed by atoms with van der Waals surface area (Å²) in [5.41, 5.74) is 5.67. The Morgan fingerprint density at radius 2 is 1.95 bits per heavy atom. The molecule has 0 aromatic carbocycles. The summed E-state index contributed by atoms with van der Waals surface area (Å²) in [6.45, 7) is 6.02. The molecule has 0 aliphatic rings. The second-order valence-corrected chi connectivity index (χ2v) is 6.01. The van der Waals surface area contributed by atoms with Crippen molar-refractivity contribution in [3.63, 3.8) is 0 Å². The number of thioether (sulfide) groups is 1. The van der Waals surface area contributed by atoms with Crippen LogP contribution in [0.25, 0.3) is 11.2 Å². The average Bonchev–Trinajstić information content (AvgIpc) is 2.78. The first kappa shape index (κ1) is 16.1. The molecule has 2 heterocycles. The number of aromatic nitrogens is 4. The van der Waals surface area contributed by atoms with Gasteiger partial charge in [-0.1, -0.05) is 23.9 Å². The molecule has 9 heteroatoms. The first-order valence-electron chi connectivity index (χ1n) is 6.45. The molecule has 0 aliphatic heterocycles. The second kappa shape index (κ2) is 5.84. The molecule has 2 rings (SSSR count). The number of hydrogen-bond acceptors (Lipinski definition) is 5. The lowest BCUT2D eigenvalue weighted by Crippen LogP contribution is -2.37. The first-order chi connectivity index (χ1) is 10.2. The zero-order valence-corrected chi connectivity index (χ0v) is 13.4. The molecule has 0 fully saturated rings. The first-order valence-corrected chi connectivity index (χ1v) is 7.44. The molecule has 0 bridgehead atoms. The van der Waals surface area contributed by atoms with Crippen molar-refractivity contribution in [1.82, 2.24) is 18.7 Å². The molecule has 0 saturated heterocycles. The fraction of sp³-hybridized carbons (Fsp3) is 0.385. The lowest BCUT2D eigenvalue weighted by Gasteiger charge is -2.08. The number of fused-ring (bicyclic) bond motifs is 1. The predicted molar refractivity (Wildman–Crippen MR) is 84.9 cm³/mol. The third kappa shape index (κ3) is 2.71. The van der Waals surface area contributed by atoms with E-state index < -0.39 is 17.2 Å². The van der Waals surface area contributed by atoms with E-state index in [1.807, 2.05) is 6.92 Å². The van der Waals surface area contributed by atoms with Gasteiger partial charge in [-0.2, -0.15) is 0 Å². The fourth-order valence-electron chi connectivity index (χ4n) is 2.09. The molecule has 22 heavy (non-hydrogen) atoms. The topological polar surface area (TPSA) is 105 Å². The van der Waals surface area contributed by atoms with Crippen molar-refractivity contribution in [2.75, 3.05) is 5.75 Å². The van der Waals surface area contributed by atoms with Gasteiger partial charge in [0.25, 0.3) is 5.56 Å². The number of amides is 1. The van der Waals surface area contributed by atoms with Gasteiger partial charge in [0, 0.05) is 20.6 Å². The van der Waals surface area contributed by atoms with Gasteiger partial charge in [0.15, 0.2) is 16.3 Å². The van der Waals surface area contributed by atoms with Crippen molar-refractivity contribution < 1.29 is 4.79 Å². The molecule has 1 amide bonds. The van der Waals surface area contributed by atoms with E-state index in [1.54, 1.807) is 11.6 Å².